The van der Waals surface area contributed by atoms with Crippen molar-refractivity contribution in [1.82, 2.24) is 9.55 Å². The zero-order chi connectivity index (χ0) is 14.2. The normalized spacial score (nSPS) is 29.4. The molecule has 10 heteroatoms. The van der Waals surface area contributed by atoms with Crippen LogP contribution in [0.1, 0.15) is 6.23 Å². The molecule has 1 fully saturated rings. The van der Waals surface area contributed by atoms with Crippen LogP contribution < -0.4 is 11.1 Å². The van der Waals surface area contributed by atoms with E-state index < -0.39 is 36.9 Å². The lowest BCUT2D eigenvalue weighted by Gasteiger charge is -2.20. The first-order valence-electron chi connectivity index (χ1n) is 5.33. The minimum Gasteiger partial charge on any atom is -0.394 e. The number of aromatic nitrogens is 2. The van der Waals surface area contributed by atoms with Gasteiger partial charge in [-0.2, -0.15) is 8.78 Å². The SMILES string of the molecule is N=C(N)Nc1cn([C@@H]2O[C@H](CO)[C@@H](O)C2(F)F)cn1. The third kappa shape index (κ3) is 2.37. The van der Waals surface area contributed by atoms with Gasteiger partial charge in [-0.3, -0.25) is 5.41 Å². The molecule has 2 rings (SSSR count). The van der Waals surface area contributed by atoms with Gasteiger partial charge in [0, 0.05) is 0 Å². The summed E-state index contributed by atoms with van der Waals surface area (Å²) in [4.78, 5) is 3.72. The zero-order valence-corrected chi connectivity index (χ0v) is 9.62. The van der Waals surface area contributed by atoms with Crippen LogP contribution >= 0.6 is 0 Å². The topological polar surface area (TPSA) is 129 Å². The first-order valence-corrected chi connectivity index (χ1v) is 5.33. The fraction of sp³-hybridized carbons (Fsp3) is 0.556. The van der Waals surface area contributed by atoms with Crippen LogP contribution in [-0.2, 0) is 4.74 Å². The van der Waals surface area contributed by atoms with Crippen LogP contribution in [0.3, 0.4) is 0 Å². The molecule has 6 N–H and O–H groups in total. The van der Waals surface area contributed by atoms with Gasteiger partial charge in [0.25, 0.3) is 0 Å². The van der Waals surface area contributed by atoms with Crippen LogP contribution in [0.4, 0.5) is 14.6 Å². The highest BCUT2D eigenvalue weighted by molar-refractivity contribution is 5.88. The maximum absolute atomic E-state index is 13.8. The number of hydrogen-bond donors (Lipinski definition) is 5. The first-order chi connectivity index (χ1) is 8.86. The molecule has 8 nitrogen and oxygen atoms in total. The molecule has 0 aliphatic carbocycles. The lowest BCUT2D eigenvalue weighted by molar-refractivity contribution is -0.139. The molecular formula is C9H13F2N5O3. The van der Waals surface area contributed by atoms with Crippen molar-refractivity contribution in [2.45, 2.75) is 24.4 Å². The molecule has 0 amide bonds. The van der Waals surface area contributed by atoms with Crippen LogP contribution in [0.2, 0.25) is 0 Å². The number of nitrogens with zero attached hydrogens (tertiary/aromatic N) is 2. The van der Waals surface area contributed by atoms with Crippen molar-refractivity contribution in [3.8, 4) is 0 Å². The maximum atomic E-state index is 13.8. The van der Waals surface area contributed by atoms with Crippen LogP contribution in [-0.4, -0.2) is 50.5 Å². The minimum absolute atomic E-state index is 0.0915. The summed E-state index contributed by atoms with van der Waals surface area (Å²) in [5, 5.41) is 27.5. The number of guanidine groups is 1. The fourth-order valence-corrected chi connectivity index (χ4v) is 1.80. The van der Waals surface area contributed by atoms with Gasteiger partial charge in [0.15, 0.2) is 17.9 Å². The quantitative estimate of drug-likeness (QED) is 0.359. The number of nitrogens with one attached hydrogen (secondary N) is 2. The number of anilines is 1. The Hall–Kier alpha value is -1.78. The fourth-order valence-electron chi connectivity index (χ4n) is 1.80. The molecule has 1 aromatic heterocycles. The van der Waals surface area contributed by atoms with Crippen LogP contribution in [0.15, 0.2) is 12.5 Å². The second kappa shape index (κ2) is 4.72. The Labute approximate surface area is 106 Å². The molecule has 0 saturated carbocycles. The second-order valence-corrected chi connectivity index (χ2v) is 4.07. The van der Waals surface area contributed by atoms with E-state index in [0.717, 1.165) is 17.1 Å². The largest absolute Gasteiger partial charge is 0.394 e. The summed E-state index contributed by atoms with van der Waals surface area (Å²) < 4.78 is 33.4. The van der Waals surface area contributed by atoms with Gasteiger partial charge in [0.1, 0.15) is 6.10 Å². The number of nitrogens with two attached hydrogens (primary N) is 1. The molecule has 1 aromatic rings. The Morgan fingerprint density at radius 1 is 1.68 bits per heavy atom. The van der Waals surface area contributed by atoms with E-state index >= 15 is 0 Å². The van der Waals surface area contributed by atoms with Crippen molar-refractivity contribution in [2.24, 2.45) is 5.73 Å². The van der Waals surface area contributed by atoms with Crippen LogP contribution in [0, 0.1) is 5.41 Å². The molecule has 0 radical (unpaired) electrons. The lowest BCUT2D eigenvalue weighted by Crippen LogP contribution is -2.39. The number of rotatable bonds is 3. The zero-order valence-electron chi connectivity index (χ0n) is 9.62. The Morgan fingerprint density at radius 2 is 2.37 bits per heavy atom. The van der Waals surface area contributed by atoms with Gasteiger partial charge >= 0.3 is 5.92 Å². The molecule has 0 aromatic carbocycles. The Bertz CT molecular complexity index is 480. The van der Waals surface area contributed by atoms with E-state index in [2.05, 4.69) is 10.3 Å². The van der Waals surface area contributed by atoms with E-state index in [1.54, 1.807) is 0 Å². The van der Waals surface area contributed by atoms with Crippen molar-refractivity contribution in [2.75, 3.05) is 11.9 Å². The van der Waals surface area contributed by atoms with E-state index in [9.17, 15) is 13.9 Å². The smallest absolute Gasteiger partial charge is 0.320 e. The van der Waals surface area contributed by atoms with Crippen molar-refractivity contribution < 1.29 is 23.7 Å². The van der Waals surface area contributed by atoms with E-state index in [-0.39, 0.29) is 5.82 Å². The Morgan fingerprint density at radius 3 is 2.89 bits per heavy atom. The van der Waals surface area contributed by atoms with Gasteiger partial charge in [-0.15, -0.1) is 0 Å². The number of aliphatic hydroxyl groups excluding tert-OH is 2. The van der Waals surface area contributed by atoms with E-state index in [1.807, 2.05) is 0 Å². The maximum Gasteiger partial charge on any atom is 0.320 e. The Kier molecular flexibility index (Phi) is 3.39. The molecule has 3 atom stereocenters. The number of halogens is 2. The number of hydrogen-bond acceptors (Lipinski definition) is 5. The molecule has 19 heavy (non-hydrogen) atoms. The lowest BCUT2D eigenvalue weighted by atomic mass is 10.1. The number of ether oxygens (including phenoxy) is 1. The first kappa shape index (κ1) is 13.6. The summed E-state index contributed by atoms with van der Waals surface area (Å²) in [6.45, 7) is -0.722. The highest BCUT2D eigenvalue weighted by atomic mass is 19.3. The van der Waals surface area contributed by atoms with Gasteiger partial charge in [-0.1, -0.05) is 0 Å². The third-order valence-corrected chi connectivity index (χ3v) is 2.69. The van der Waals surface area contributed by atoms with E-state index in [1.165, 1.54) is 0 Å². The predicted octanol–water partition coefficient (Wildman–Crippen LogP) is -0.926. The predicted molar refractivity (Wildman–Crippen MR) is 59.7 cm³/mol. The third-order valence-electron chi connectivity index (χ3n) is 2.69. The van der Waals surface area contributed by atoms with Crippen molar-refractivity contribution in [1.29, 1.82) is 5.41 Å². The summed E-state index contributed by atoms with van der Waals surface area (Å²) in [5.74, 6) is -3.87. The number of aliphatic hydroxyl groups is 2. The van der Waals surface area contributed by atoms with Gasteiger partial charge in [0.2, 0.25) is 6.23 Å². The van der Waals surface area contributed by atoms with Gasteiger partial charge < -0.3 is 30.6 Å². The molecule has 1 aliphatic heterocycles. The molecule has 0 spiro atoms. The van der Waals surface area contributed by atoms with Crippen LogP contribution in [0.5, 0.6) is 0 Å². The molecule has 1 saturated heterocycles. The second-order valence-electron chi connectivity index (χ2n) is 4.07. The number of alkyl halides is 2. The molecule has 0 unspecified atom stereocenters. The van der Waals surface area contributed by atoms with Gasteiger partial charge in [-0.25, -0.2) is 4.98 Å². The van der Waals surface area contributed by atoms with Crippen molar-refractivity contribution in [3.63, 3.8) is 0 Å². The highest BCUT2D eigenvalue weighted by Gasteiger charge is 2.59. The molecule has 0 bridgehead atoms. The summed E-state index contributed by atoms with van der Waals surface area (Å²) in [7, 11) is 0. The molecule has 2 heterocycles. The van der Waals surface area contributed by atoms with E-state index in [4.69, 9.17) is 21.0 Å². The molecule has 106 valence electrons. The standard InChI is InChI=1S/C9H13F2N5O3/c10-9(11)6(18)4(2-17)19-7(9)16-1-5(14-3-16)15-8(12)13/h1,3-4,6-7,17-18H,2H2,(H4,12,13,15)/t4-,6-,7-/m1/s1. The molecule has 1 aliphatic rings. The minimum atomic E-state index is -3.57. The number of imidazole rings is 1. The summed E-state index contributed by atoms with van der Waals surface area (Å²) >= 11 is 0. The van der Waals surface area contributed by atoms with Crippen LogP contribution in [0.25, 0.3) is 0 Å². The van der Waals surface area contributed by atoms with Crippen molar-refractivity contribution in [3.05, 3.63) is 12.5 Å². The summed E-state index contributed by atoms with van der Waals surface area (Å²) in [5.41, 5.74) is 5.08. The van der Waals surface area contributed by atoms with Crippen molar-refractivity contribution >= 4 is 11.8 Å². The van der Waals surface area contributed by atoms with Gasteiger partial charge in [-0.05, 0) is 0 Å². The average molecular weight is 277 g/mol. The average Bonchev–Trinajstić information content (AvgIpc) is 2.84. The molecular weight excluding hydrogens is 264 g/mol. The summed E-state index contributed by atoms with van der Waals surface area (Å²) in [6.07, 6.45) is -3.04. The highest BCUT2D eigenvalue weighted by Crippen LogP contribution is 2.42. The Balaban J connectivity index is 2.22. The summed E-state index contributed by atoms with van der Waals surface area (Å²) in [6, 6.07) is 0. The van der Waals surface area contributed by atoms with Gasteiger partial charge in [0.05, 0.1) is 19.1 Å². The monoisotopic (exact) mass is 277 g/mol. The van der Waals surface area contributed by atoms with E-state index in [0.29, 0.717) is 0 Å².